The smallest absolute Gasteiger partial charge is 0.00103 e. The molecular formula is C14H30N2. The fraction of sp³-hybridized carbons (Fsp3) is 1.00. The average Bonchev–Trinajstić information content (AvgIpc) is 2.22. The van der Waals surface area contributed by atoms with Crippen molar-refractivity contribution in [2.75, 3.05) is 26.2 Å². The predicted octanol–water partition coefficient (Wildman–Crippen LogP) is 2.74. The van der Waals surface area contributed by atoms with Crippen LogP contribution in [0.4, 0.5) is 0 Å². The zero-order valence-corrected chi connectivity index (χ0v) is 11.6. The molecule has 0 aromatic heterocycles. The van der Waals surface area contributed by atoms with Gasteiger partial charge < -0.3 is 10.2 Å². The van der Waals surface area contributed by atoms with Crippen LogP contribution < -0.4 is 5.32 Å². The molecule has 1 fully saturated rings. The number of piperidine rings is 1. The molecule has 0 bridgehead atoms. The Labute approximate surface area is 102 Å². The lowest BCUT2D eigenvalue weighted by molar-refractivity contribution is 0.136. The van der Waals surface area contributed by atoms with Crippen LogP contribution in [-0.2, 0) is 0 Å². The van der Waals surface area contributed by atoms with Gasteiger partial charge in [0.05, 0.1) is 0 Å². The number of hydrogen-bond donors (Lipinski definition) is 1. The first-order valence-corrected chi connectivity index (χ1v) is 7.05. The molecule has 1 N–H and O–H groups in total. The molecule has 2 heteroatoms. The standard InChI is InChI=1S/C14H30N2/c1-12(2)15-8-5-6-9-16-10-7-13(3)14(4)11-16/h12-15H,5-11H2,1-4H3. The van der Waals surface area contributed by atoms with Crippen molar-refractivity contribution in [2.45, 2.75) is 53.0 Å². The molecule has 2 unspecified atom stereocenters. The van der Waals surface area contributed by atoms with Crippen LogP contribution in [0.15, 0.2) is 0 Å². The maximum absolute atomic E-state index is 3.48. The summed E-state index contributed by atoms with van der Waals surface area (Å²) in [6.07, 6.45) is 4.06. The Morgan fingerprint density at radius 3 is 2.56 bits per heavy atom. The second-order valence-electron chi connectivity index (χ2n) is 5.86. The highest BCUT2D eigenvalue weighted by Crippen LogP contribution is 2.22. The summed E-state index contributed by atoms with van der Waals surface area (Å²) in [5, 5.41) is 3.48. The number of nitrogens with one attached hydrogen (secondary N) is 1. The predicted molar refractivity (Wildman–Crippen MR) is 71.8 cm³/mol. The van der Waals surface area contributed by atoms with E-state index in [2.05, 4.69) is 37.9 Å². The van der Waals surface area contributed by atoms with Crippen molar-refractivity contribution in [1.82, 2.24) is 10.2 Å². The number of likely N-dealkylation sites (tertiary alicyclic amines) is 1. The molecule has 0 amide bonds. The fourth-order valence-electron chi connectivity index (χ4n) is 2.40. The van der Waals surface area contributed by atoms with Gasteiger partial charge in [0.1, 0.15) is 0 Å². The zero-order chi connectivity index (χ0) is 12.0. The lowest BCUT2D eigenvalue weighted by Crippen LogP contribution is -2.39. The summed E-state index contributed by atoms with van der Waals surface area (Å²) < 4.78 is 0. The molecule has 96 valence electrons. The molecule has 1 saturated heterocycles. The minimum atomic E-state index is 0.635. The Balaban J connectivity index is 2.01. The molecule has 1 aliphatic rings. The number of nitrogens with zero attached hydrogens (tertiary/aromatic N) is 1. The van der Waals surface area contributed by atoms with E-state index < -0.39 is 0 Å². The van der Waals surface area contributed by atoms with E-state index in [1.54, 1.807) is 0 Å². The zero-order valence-electron chi connectivity index (χ0n) is 11.6. The highest BCUT2D eigenvalue weighted by Gasteiger charge is 2.21. The molecule has 1 aliphatic heterocycles. The summed E-state index contributed by atoms with van der Waals surface area (Å²) in [6, 6.07) is 0.635. The van der Waals surface area contributed by atoms with Crippen LogP contribution in [0.25, 0.3) is 0 Å². The first-order valence-electron chi connectivity index (χ1n) is 7.05. The maximum atomic E-state index is 3.48. The maximum Gasteiger partial charge on any atom is 0.00103 e. The van der Waals surface area contributed by atoms with E-state index in [1.807, 2.05) is 0 Å². The molecule has 2 atom stereocenters. The molecular weight excluding hydrogens is 196 g/mol. The first kappa shape index (κ1) is 14.0. The summed E-state index contributed by atoms with van der Waals surface area (Å²) >= 11 is 0. The summed E-state index contributed by atoms with van der Waals surface area (Å²) in [7, 11) is 0. The van der Waals surface area contributed by atoms with Gasteiger partial charge in [-0.2, -0.15) is 0 Å². The summed E-state index contributed by atoms with van der Waals surface area (Å²) in [4.78, 5) is 2.65. The fourth-order valence-corrected chi connectivity index (χ4v) is 2.40. The lowest BCUT2D eigenvalue weighted by Gasteiger charge is -2.35. The number of rotatable bonds is 6. The van der Waals surface area contributed by atoms with Crippen LogP contribution in [-0.4, -0.2) is 37.1 Å². The molecule has 1 rings (SSSR count). The van der Waals surface area contributed by atoms with Crippen molar-refractivity contribution in [1.29, 1.82) is 0 Å². The third kappa shape index (κ3) is 5.31. The van der Waals surface area contributed by atoms with Gasteiger partial charge in [0, 0.05) is 12.6 Å². The van der Waals surface area contributed by atoms with Crippen LogP contribution >= 0.6 is 0 Å². The Bertz CT molecular complexity index is 180. The largest absolute Gasteiger partial charge is 0.315 e. The summed E-state index contributed by atoms with van der Waals surface area (Å²) in [5.41, 5.74) is 0. The van der Waals surface area contributed by atoms with Crippen molar-refractivity contribution in [3.8, 4) is 0 Å². The van der Waals surface area contributed by atoms with E-state index in [0.717, 1.165) is 11.8 Å². The van der Waals surface area contributed by atoms with Crippen molar-refractivity contribution < 1.29 is 0 Å². The minimum absolute atomic E-state index is 0.635. The molecule has 0 aromatic rings. The van der Waals surface area contributed by atoms with E-state index in [-0.39, 0.29) is 0 Å². The van der Waals surface area contributed by atoms with Crippen LogP contribution in [0, 0.1) is 11.8 Å². The van der Waals surface area contributed by atoms with Gasteiger partial charge in [-0.1, -0.05) is 27.7 Å². The normalized spacial score (nSPS) is 27.6. The van der Waals surface area contributed by atoms with Gasteiger partial charge in [-0.3, -0.25) is 0 Å². The molecule has 2 nitrogen and oxygen atoms in total. The lowest BCUT2D eigenvalue weighted by atomic mass is 9.88. The van der Waals surface area contributed by atoms with Gasteiger partial charge in [0.15, 0.2) is 0 Å². The van der Waals surface area contributed by atoms with Crippen molar-refractivity contribution in [3.05, 3.63) is 0 Å². The Hall–Kier alpha value is -0.0800. The Morgan fingerprint density at radius 2 is 1.94 bits per heavy atom. The topological polar surface area (TPSA) is 15.3 Å². The van der Waals surface area contributed by atoms with Gasteiger partial charge >= 0.3 is 0 Å². The van der Waals surface area contributed by atoms with Crippen LogP contribution in [0.5, 0.6) is 0 Å². The van der Waals surface area contributed by atoms with Gasteiger partial charge in [0.2, 0.25) is 0 Å². The quantitative estimate of drug-likeness (QED) is 0.701. The van der Waals surface area contributed by atoms with Gasteiger partial charge in [0.25, 0.3) is 0 Å². The molecule has 0 aliphatic carbocycles. The monoisotopic (exact) mass is 226 g/mol. The average molecular weight is 226 g/mol. The number of unbranched alkanes of at least 4 members (excludes halogenated alkanes) is 1. The third-order valence-electron chi connectivity index (χ3n) is 3.87. The molecule has 0 spiro atoms. The second-order valence-corrected chi connectivity index (χ2v) is 5.86. The third-order valence-corrected chi connectivity index (χ3v) is 3.87. The SMILES string of the molecule is CC(C)NCCCCN1CCC(C)C(C)C1. The summed E-state index contributed by atoms with van der Waals surface area (Å²) in [5.74, 6) is 1.82. The van der Waals surface area contributed by atoms with Gasteiger partial charge in [-0.15, -0.1) is 0 Å². The van der Waals surface area contributed by atoms with Gasteiger partial charge in [-0.05, 0) is 50.7 Å². The van der Waals surface area contributed by atoms with Gasteiger partial charge in [-0.25, -0.2) is 0 Å². The van der Waals surface area contributed by atoms with Crippen molar-refractivity contribution >= 4 is 0 Å². The molecule has 16 heavy (non-hydrogen) atoms. The van der Waals surface area contributed by atoms with Crippen molar-refractivity contribution in [3.63, 3.8) is 0 Å². The van der Waals surface area contributed by atoms with E-state index >= 15 is 0 Å². The van der Waals surface area contributed by atoms with Crippen molar-refractivity contribution in [2.24, 2.45) is 11.8 Å². The van der Waals surface area contributed by atoms with E-state index in [4.69, 9.17) is 0 Å². The minimum Gasteiger partial charge on any atom is -0.315 e. The molecule has 0 radical (unpaired) electrons. The highest BCUT2D eigenvalue weighted by molar-refractivity contribution is 4.75. The molecule has 0 aromatic carbocycles. The number of hydrogen-bond acceptors (Lipinski definition) is 2. The van der Waals surface area contributed by atoms with E-state index in [1.165, 1.54) is 45.4 Å². The van der Waals surface area contributed by atoms with Crippen LogP contribution in [0.3, 0.4) is 0 Å². The molecule has 1 heterocycles. The Morgan fingerprint density at radius 1 is 1.19 bits per heavy atom. The first-order chi connectivity index (χ1) is 7.59. The molecule has 0 saturated carbocycles. The summed E-state index contributed by atoms with van der Waals surface area (Å²) in [6.45, 7) is 14.4. The van der Waals surface area contributed by atoms with E-state index in [0.29, 0.717) is 6.04 Å². The van der Waals surface area contributed by atoms with E-state index in [9.17, 15) is 0 Å². The second kappa shape index (κ2) is 7.29. The van der Waals surface area contributed by atoms with Crippen LogP contribution in [0.2, 0.25) is 0 Å². The highest BCUT2D eigenvalue weighted by atomic mass is 15.1. The Kier molecular flexibility index (Phi) is 6.37. The van der Waals surface area contributed by atoms with Crippen LogP contribution in [0.1, 0.15) is 47.0 Å².